The van der Waals surface area contributed by atoms with E-state index in [0.29, 0.717) is 0 Å². The van der Waals surface area contributed by atoms with Crippen LogP contribution in [0.4, 0.5) is 5.69 Å². The number of anilines is 1. The van der Waals surface area contributed by atoms with Gasteiger partial charge >= 0.3 is 0 Å². The minimum Gasteiger partial charge on any atom is -0.398 e. The van der Waals surface area contributed by atoms with E-state index in [4.69, 9.17) is 5.73 Å². The van der Waals surface area contributed by atoms with Gasteiger partial charge in [-0.25, -0.2) is 0 Å². The third kappa shape index (κ3) is 2.58. The molecule has 4 aromatic rings. The maximum absolute atomic E-state index is 6.24. The molecule has 0 bridgehead atoms. The fourth-order valence-corrected chi connectivity index (χ4v) is 2.98. The first kappa shape index (κ1) is 13.6. The van der Waals surface area contributed by atoms with E-state index in [0.717, 1.165) is 11.3 Å². The fraction of sp³-hybridized carbons (Fsp3) is 0. The van der Waals surface area contributed by atoms with Crippen molar-refractivity contribution in [3.63, 3.8) is 0 Å². The second kappa shape index (κ2) is 5.62. The average Bonchev–Trinajstić information content (AvgIpc) is 2.60. The maximum atomic E-state index is 6.24. The lowest BCUT2D eigenvalue weighted by atomic mass is 9.98. The molecule has 0 aliphatic heterocycles. The van der Waals surface area contributed by atoms with Crippen LogP contribution < -0.4 is 5.73 Å². The Bertz CT molecular complexity index is 1010. The van der Waals surface area contributed by atoms with Gasteiger partial charge in [-0.05, 0) is 45.3 Å². The van der Waals surface area contributed by atoms with Crippen molar-refractivity contribution in [2.75, 3.05) is 5.73 Å². The molecule has 0 aromatic heterocycles. The summed E-state index contributed by atoms with van der Waals surface area (Å²) in [5.74, 6) is 0. The minimum absolute atomic E-state index is 0.806. The Morgan fingerprint density at radius 2 is 1.30 bits per heavy atom. The number of rotatable bonds is 2. The first-order chi connectivity index (χ1) is 11.3. The molecule has 0 fully saturated rings. The number of fused-ring (bicyclic) bond motifs is 2. The van der Waals surface area contributed by atoms with Gasteiger partial charge in [-0.3, -0.25) is 0 Å². The smallest absolute Gasteiger partial charge is 0.0394 e. The average molecular weight is 295 g/mol. The highest BCUT2D eigenvalue weighted by molar-refractivity contribution is 6.04. The summed E-state index contributed by atoms with van der Waals surface area (Å²) in [6.07, 6.45) is 4.22. The van der Waals surface area contributed by atoms with Gasteiger partial charge in [0.15, 0.2) is 0 Å². The van der Waals surface area contributed by atoms with Crippen molar-refractivity contribution >= 4 is 39.4 Å². The Morgan fingerprint density at radius 1 is 0.609 bits per heavy atom. The van der Waals surface area contributed by atoms with Crippen LogP contribution in [0, 0.1) is 0 Å². The lowest BCUT2D eigenvalue weighted by Crippen LogP contribution is -1.91. The SMILES string of the molecule is Nc1ccc2cc3ccccc3cc2c1C=Cc1ccccc1. The molecule has 23 heavy (non-hydrogen) atoms. The predicted octanol–water partition coefficient (Wildman–Crippen LogP) is 5.75. The van der Waals surface area contributed by atoms with Gasteiger partial charge in [0.05, 0.1) is 0 Å². The number of nitrogens with two attached hydrogens (primary N) is 1. The summed E-state index contributed by atoms with van der Waals surface area (Å²) >= 11 is 0. The van der Waals surface area contributed by atoms with Crippen molar-refractivity contribution in [2.45, 2.75) is 0 Å². The molecule has 0 amide bonds. The first-order valence-corrected chi connectivity index (χ1v) is 7.75. The van der Waals surface area contributed by atoms with Gasteiger partial charge < -0.3 is 5.73 Å². The molecule has 0 saturated carbocycles. The molecule has 0 atom stereocenters. The molecule has 0 aliphatic rings. The minimum atomic E-state index is 0.806. The van der Waals surface area contributed by atoms with Crippen molar-refractivity contribution < 1.29 is 0 Å². The highest BCUT2D eigenvalue weighted by Gasteiger charge is 2.04. The van der Waals surface area contributed by atoms with Crippen LogP contribution in [0.5, 0.6) is 0 Å². The van der Waals surface area contributed by atoms with E-state index < -0.39 is 0 Å². The molecular formula is C22H17N. The number of hydrogen-bond acceptors (Lipinski definition) is 1. The molecule has 0 saturated heterocycles. The monoisotopic (exact) mass is 295 g/mol. The zero-order valence-electron chi connectivity index (χ0n) is 12.7. The topological polar surface area (TPSA) is 26.0 Å². The highest BCUT2D eigenvalue weighted by Crippen LogP contribution is 2.30. The van der Waals surface area contributed by atoms with Crippen LogP contribution >= 0.6 is 0 Å². The molecule has 110 valence electrons. The van der Waals surface area contributed by atoms with Crippen molar-refractivity contribution in [3.8, 4) is 0 Å². The van der Waals surface area contributed by atoms with E-state index >= 15 is 0 Å². The first-order valence-electron chi connectivity index (χ1n) is 7.75. The molecule has 0 spiro atoms. The van der Waals surface area contributed by atoms with Gasteiger partial charge in [0.1, 0.15) is 0 Å². The van der Waals surface area contributed by atoms with E-state index in [-0.39, 0.29) is 0 Å². The summed E-state index contributed by atoms with van der Waals surface area (Å²) in [7, 11) is 0. The Kier molecular flexibility index (Phi) is 3.32. The molecule has 4 aromatic carbocycles. The molecule has 0 aliphatic carbocycles. The van der Waals surface area contributed by atoms with Crippen molar-refractivity contribution in [1.82, 2.24) is 0 Å². The maximum Gasteiger partial charge on any atom is 0.0394 e. The third-order valence-corrected chi connectivity index (χ3v) is 4.20. The van der Waals surface area contributed by atoms with E-state index in [1.807, 2.05) is 24.3 Å². The molecular weight excluding hydrogens is 278 g/mol. The van der Waals surface area contributed by atoms with Crippen molar-refractivity contribution in [1.29, 1.82) is 0 Å². The molecule has 2 N–H and O–H groups in total. The number of nitrogen functional groups attached to an aromatic ring is 1. The molecule has 0 unspecified atom stereocenters. The van der Waals surface area contributed by atoms with Crippen LogP contribution in [0.2, 0.25) is 0 Å². The fourth-order valence-electron chi connectivity index (χ4n) is 2.98. The predicted molar refractivity (Wildman–Crippen MR) is 101 cm³/mol. The van der Waals surface area contributed by atoms with Crippen LogP contribution in [0.3, 0.4) is 0 Å². The van der Waals surface area contributed by atoms with Crippen LogP contribution in [-0.4, -0.2) is 0 Å². The van der Waals surface area contributed by atoms with E-state index in [1.165, 1.54) is 27.1 Å². The second-order valence-corrected chi connectivity index (χ2v) is 5.73. The Hall–Kier alpha value is -3.06. The normalized spacial score (nSPS) is 11.5. The summed E-state index contributed by atoms with van der Waals surface area (Å²) in [5.41, 5.74) is 9.30. The lowest BCUT2D eigenvalue weighted by Gasteiger charge is -2.08. The summed E-state index contributed by atoms with van der Waals surface area (Å²) in [5, 5.41) is 4.89. The summed E-state index contributed by atoms with van der Waals surface area (Å²) in [6.45, 7) is 0. The Morgan fingerprint density at radius 3 is 2.09 bits per heavy atom. The zero-order valence-corrected chi connectivity index (χ0v) is 12.7. The standard InChI is InChI=1S/C22H17N/c23-22-13-11-19-14-17-8-4-5-9-18(17)15-21(19)20(22)12-10-16-6-2-1-3-7-16/h1-15H,23H2. The van der Waals surface area contributed by atoms with Gasteiger partial charge in [-0.1, -0.05) is 72.8 Å². The molecule has 1 nitrogen and oxygen atoms in total. The second-order valence-electron chi connectivity index (χ2n) is 5.73. The lowest BCUT2D eigenvalue weighted by molar-refractivity contribution is 1.66. The molecule has 0 heterocycles. The molecule has 1 heteroatoms. The summed E-state index contributed by atoms with van der Waals surface area (Å²) in [4.78, 5) is 0. The van der Waals surface area contributed by atoms with Gasteiger partial charge in [0, 0.05) is 11.3 Å². The van der Waals surface area contributed by atoms with Crippen LogP contribution in [0.25, 0.3) is 33.7 Å². The largest absolute Gasteiger partial charge is 0.398 e. The number of hydrogen-bond donors (Lipinski definition) is 1. The van der Waals surface area contributed by atoms with Crippen LogP contribution in [-0.2, 0) is 0 Å². The third-order valence-electron chi connectivity index (χ3n) is 4.20. The van der Waals surface area contributed by atoms with Gasteiger partial charge in [0.25, 0.3) is 0 Å². The number of benzene rings is 4. The van der Waals surface area contributed by atoms with Gasteiger partial charge in [0.2, 0.25) is 0 Å². The van der Waals surface area contributed by atoms with E-state index in [9.17, 15) is 0 Å². The van der Waals surface area contributed by atoms with Crippen molar-refractivity contribution in [3.05, 3.63) is 90.0 Å². The van der Waals surface area contributed by atoms with E-state index in [2.05, 4.69) is 66.7 Å². The van der Waals surface area contributed by atoms with Gasteiger partial charge in [-0.2, -0.15) is 0 Å². The van der Waals surface area contributed by atoms with E-state index in [1.54, 1.807) is 0 Å². The highest BCUT2D eigenvalue weighted by atomic mass is 14.6. The van der Waals surface area contributed by atoms with Gasteiger partial charge in [-0.15, -0.1) is 0 Å². The summed E-state index contributed by atoms with van der Waals surface area (Å²) in [6, 6.07) is 27.2. The Labute approximate surface area is 135 Å². The zero-order chi connectivity index (χ0) is 15.6. The van der Waals surface area contributed by atoms with Crippen LogP contribution in [0.1, 0.15) is 11.1 Å². The molecule has 0 radical (unpaired) electrons. The Balaban J connectivity index is 1.92. The van der Waals surface area contributed by atoms with Crippen molar-refractivity contribution in [2.24, 2.45) is 0 Å². The quantitative estimate of drug-likeness (QED) is 0.284. The summed E-state index contributed by atoms with van der Waals surface area (Å²) < 4.78 is 0. The van der Waals surface area contributed by atoms with Crippen LogP contribution in [0.15, 0.2) is 78.9 Å². The molecule has 4 rings (SSSR count).